The topological polar surface area (TPSA) is 79.6 Å². The molecule has 1 aromatic rings. The van der Waals surface area contributed by atoms with E-state index in [1.807, 2.05) is 18.5 Å². The molecule has 1 aromatic heterocycles. The van der Waals surface area contributed by atoms with Crippen LogP contribution in [0.2, 0.25) is 0 Å². The highest BCUT2D eigenvalue weighted by Crippen LogP contribution is 2.27. The molecule has 2 aliphatic heterocycles. The maximum Gasteiger partial charge on any atom is 0.192 e. The normalized spacial score (nSPS) is 28.7. The molecule has 0 bridgehead atoms. The molecular weight excluding hydrogens is 390 g/mol. The third-order valence-corrected chi connectivity index (χ3v) is 7.45. The molecule has 1 aliphatic carbocycles. The van der Waals surface area contributed by atoms with E-state index in [1.54, 1.807) is 0 Å². The Morgan fingerprint density at radius 1 is 1.10 bits per heavy atom. The third kappa shape index (κ3) is 6.19. The Balaban J connectivity index is 1.30. The van der Waals surface area contributed by atoms with Gasteiger partial charge in [0, 0.05) is 32.3 Å². The molecule has 8 nitrogen and oxygen atoms in total. The predicted molar refractivity (Wildman–Crippen MR) is 123 cm³/mol. The van der Waals surface area contributed by atoms with Crippen LogP contribution in [0.15, 0.2) is 4.99 Å². The van der Waals surface area contributed by atoms with Crippen molar-refractivity contribution in [1.29, 1.82) is 0 Å². The number of hydrogen-bond donors (Lipinski definition) is 2. The van der Waals surface area contributed by atoms with Crippen LogP contribution in [0.3, 0.4) is 0 Å². The highest BCUT2D eigenvalue weighted by atomic mass is 16.5. The maximum atomic E-state index is 5.79. The van der Waals surface area contributed by atoms with Crippen molar-refractivity contribution in [2.75, 3.05) is 26.2 Å². The summed E-state index contributed by atoms with van der Waals surface area (Å²) in [5.74, 6) is 3.59. The number of nitrogens with zero attached hydrogens (tertiary/aromatic N) is 5. The number of guanidine groups is 1. The third-order valence-electron chi connectivity index (χ3n) is 7.45. The molecule has 0 aromatic carbocycles. The number of likely N-dealkylation sites (tertiary alicyclic amines) is 1. The molecule has 3 heterocycles. The molecule has 0 radical (unpaired) electrons. The van der Waals surface area contributed by atoms with Gasteiger partial charge >= 0.3 is 0 Å². The van der Waals surface area contributed by atoms with E-state index in [0.29, 0.717) is 18.7 Å². The number of hydrogen-bond acceptors (Lipinski definition) is 5. The van der Waals surface area contributed by atoms with Crippen molar-refractivity contribution in [3.05, 3.63) is 11.6 Å². The molecule has 4 rings (SSSR count). The average Bonchev–Trinajstić information content (AvgIpc) is 3.42. The van der Waals surface area contributed by atoms with E-state index in [9.17, 15) is 0 Å². The summed E-state index contributed by atoms with van der Waals surface area (Å²) >= 11 is 0. The highest BCUT2D eigenvalue weighted by molar-refractivity contribution is 5.80. The second-order valence-corrected chi connectivity index (χ2v) is 9.77. The predicted octanol–water partition coefficient (Wildman–Crippen LogP) is 2.38. The summed E-state index contributed by atoms with van der Waals surface area (Å²) < 4.78 is 7.80. The Labute approximate surface area is 187 Å². The van der Waals surface area contributed by atoms with Crippen LogP contribution in [0.4, 0.5) is 0 Å². The molecule has 0 amide bonds. The number of ether oxygens (including phenoxy) is 1. The Hall–Kier alpha value is -1.67. The van der Waals surface area contributed by atoms with Gasteiger partial charge in [0.25, 0.3) is 0 Å². The van der Waals surface area contributed by atoms with E-state index in [1.165, 1.54) is 51.6 Å². The zero-order valence-corrected chi connectivity index (χ0v) is 19.6. The van der Waals surface area contributed by atoms with E-state index in [-0.39, 0.29) is 0 Å². The molecule has 1 atom stereocenters. The minimum absolute atomic E-state index is 0.293. The smallest absolute Gasteiger partial charge is 0.192 e. The summed E-state index contributed by atoms with van der Waals surface area (Å²) in [4.78, 5) is 7.59. The molecule has 1 unspecified atom stereocenters. The number of piperidine rings is 1. The lowest BCUT2D eigenvalue weighted by Gasteiger charge is -2.40. The Kier molecular flexibility index (Phi) is 7.82. The van der Waals surface area contributed by atoms with Gasteiger partial charge in [0.1, 0.15) is 12.4 Å². The standard InChI is InChI=1S/C23H41N7O/c1-17-10-12-30(13-11-17)20-8-6-19(7-9-20)26-23(24-15-21-5-4-14-31-21)25-16-22-28-27-18(2)29(22)3/h17,19-21H,4-16H2,1-3H3,(H2,24,25,26). The van der Waals surface area contributed by atoms with Gasteiger partial charge in [0.15, 0.2) is 11.8 Å². The number of aryl methyl sites for hydroxylation is 1. The van der Waals surface area contributed by atoms with Crippen molar-refractivity contribution in [2.24, 2.45) is 18.0 Å². The second-order valence-electron chi connectivity index (χ2n) is 9.77. The number of rotatable bonds is 6. The lowest BCUT2D eigenvalue weighted by atomic mass is 9.88. The first kappa shape index (κ1) is 22.5. The highest BCUT2D eigenvalue weighted by Gasteiger charge is 2.28. The van der Waals surface area contributed by atoms with Crippen LogP contribution in [0.5, 0.6) is 0 Å². The Morgan fingerprint density at radius 2 is 1.87 bits per heavy atom. The molecule has 31 heavy (non-hydrogen) atoms. The Morgan fingerprint density at radius 3 is 2.52 bits per heavy atom. The first-order chi connectivity index (χ1) is 15.1. The zero-order valence-electron chi connectivity index (χ0n) is 19.6. The first-order valence-corrected chi connectivity index (χ1v) is 12.3. The van der Waals surface area contributed by atoms with Gasteiger partial charge < -0.3 is 24.8 Å². The van der Waals surface area contributed by atoms with Crippen LogP contribution in [-0.2, 0) is 18.3 Å². The van der Waals surface area contributed by atoms with Gasteiger partial charge in [-0.2, -0.15) is 0 Å². The molecule has 1 saturated carbocycles. The summed E-state index contributed by atoms with van der Waals surface area (Å²) in [7, 11) is 2.00. The fraction of sp³-hybridized carbons (Fsp3) is 0.870. The fourth-order valence-corrected chi connectivity index (χ4v) is 5.08. The van der Waals surface area contributed by atoms with Crippen molar-refractivity contribution in [1.82, 2.24) is 30.3 Å². The molecular formula is C23H41N7O. The summed E-state index contributed by atoms with van der Waals surface area (Å²) in [6, 6.07) is 1.25. The van der Waals surface area contributed by atoms with Crippen LogP contribution in [0.1, 0.15) is 69.9 Å². The van der Waals surface area contributed by atoms with Crippen LogP contribution < -0.4 is 10.6 Å². The van der Waals surface area contributed by atoms with Gasteiger partial charge in [-0.1, -0.05) is 6.92 Å². The average molecular weight is 432 g/mol. The van der Waals surface area contributed by atoms with E-state index in [4.69, 9.17) is 9.73 Å². The van der Waals surface area contributed by atoms with Gasteiger partial charge in [-0.3, -0.25) is 0 Å². The molecule has 3 aliphatic rings. The number of aliphatic imine (C=N–C) groups is 1. The first-order valence-electron chi connectivity index (χ1n) is 12.3. The minimum Gasteiger partial charge on any atom is -0.376 e. The lowest BCUT2D eigenvalue weighted by Crippen LogP contribution is -2.49. The van der Waals surface area contributed by atoms with Crippen LogP contribution in [0, 0.1) is 12.8 Å². The van der Waals surface area contributed by atoms with Crippen molar-refractivity contribution in [3.63, 3.8) is 0 Å². The van der Waals surface area contributed by atoms with Crippen molar-refractivity contribution in [2.45, 2.75) is 89.9 Å². The molecule has 0 spiro atoms. The largest absolute Gasteiger partial charge is 0.376 e. The Bertz CT molecular complexity index is 712. The molecule has 2 saturated heterocycles. The van der Waals surface area contributed by atoms with Crippen LogP contribution in [-0.4, -0.2) is 70.1 Å². The van der Waals surface area contributed by atoms with E-state index >= 15 is 0 Å². The van der Waals surface area contributed by atoms with Crippen LogP contribution in [0.25, 0.3) is 0 Å². The van der Waals surface area contributed by atoms with Gasteiger partial charge in [-0.05, 0) is 77.3 Å². The summed E-state index contributed by atoms with van der Waals surface area (Å²) in [5.41, 5.74) is 0. The lowest BCUT2D eigenvalue weighted by molar-refractivity contribution is 0.105. The molecule has 3 fully saturated rings. The van der Waals surface area contributed by atoms with Crippen LogP contribution >= 0.6 is 0 Å². The van der Waals surface area contributed by atoms with Crippen molar-refractivity contribution < 1.29 is 4.74 Å². The fourth-order valence-electron chi connectivity index (χ4n) is 5.08. The molecule has 174 valence electrons. The van der Waals surface area contributed by atoms with Gasteiger partial charge in [0.05, 0.1) is 6.10 Å². The van der Waals surface area contributed by atoms with Gasteiger partial charge in [0.2, 0.25) is 0 Å². The van der Waals surface area contributed by atoms with E-state index < -0.39 is 0 Å². The number of nitrogens with one attached hydrogen (secondary N) is 2. The second kappa shape index (κ2) is 10.8. The van der Waals surface area contributed by atoms with Gasteiger partial charge in [-0.15, -0.1) is 10.2 Å². The monoisotopic (exact) mass is 431 g/mol. The van der Waals surface area contributed by atoms with Crippen molar-refractivity contribution >= 4 is 5.96 Å². The van der Waals surface area contributed by atoms with Crippen molar-refractivity contribution in [3.8, 4) is 0 Å². The quantitative estimate of drug-likeness (QED) is 0.532. The maximum absolute atomic E-state index is 5.79. The summed E-state index contributed by atoms with van der Waals surface area (Å²) in [5, 5.41) is 15.7. The molecule has 8 heteroatoms. The summed E-state index contributed by atoms with van der Waals surface area (Å²) in [6.07, 6.45) is 10.3. The SMILES string of the molecule is Cc1nnc(CN=C(NCC2CCCO2)NC2CCC(N3CCC(C)CC3)CC2)n1C. The summed E-state index contributed by atoms with van der Waals surface area (Å²) in [6.45, 7) is 9.16. The van der Waals surface area contributed by atoms with E-state index in [0.717, 1.165) is 55.6 Å². The molecule has 2 N–H and O–H groups in total. The minimum atomic E-state index is 0.293. The zero-order chi connectivity index (χ0) is 21.6. The van der Waals surface area contributed by atoms with E-state index in [2.05, 4.69) is 32.7 Å². The number of aromatic nitrogens is 3. The van der Waals surface area contributed by atoms with Gasteiger partial charge in [-0.25, -0.2) is 4.99 Å².